The third-order valence-electron chi connectivity index (χ3n) is 3.65. The van der Waals surface area contributed by atoms with E-state index in [1.54, 1.807) is 0 Å². The summed E-state index contributed by atoms with van der Waals surface area (Å²) in [6, 6.07) is 0. The first-order chi connectivity index (χ1) is 4.92. The predicted octanol–water partition coefficient (Wildman–Crippen LogP) is 2.75. The van der Waals surface area contributed by atoms with E-state index in [0.29, 0.717) is 0 Å². The molecule has 0 spiro atoms. The van der Waals surface area contributed by atoms with Crippen molar-refractivity contribution < 1.29 is 0 Å². The average molecular weight is 134 g/mol. The minimum Gasteiger partial charge on any atom is -0.0879 e. The Morgan fingerprint density at radius 1 is 1.10 bits per heavy atom. The van der Waals surface area contributed by atoms with Crippen LogP contribution in [0.15, 0.2) is 12.2 Å². The maximum Gasteiger partial charge on any atom is -0.00584 e. The summed E-state index contributed by atoms with van der Waals surface area (Å²) in [5.74, 6) is 2.24. The van der Waals surface area contributed by atoms with E-state index in [0.717, 1.165) is 17.3 Å². The van der Waals surface area contributed by atoms with Crippen LogP contribution in [0.25, 0.3) is 0 Å². The van der Waals surface area contributed by atoms with Gasteiger partial charge in [0.2, 0.25) is 0 Å². The van der Waals surface area contributed by atoms with Gasteiger partial charge in [-0.2, -0.15) is 0 Å². The van der Waals surface area contributed by atoms with E-state index in [1.807, 2.05) is 0 Å². The quantitative estimate of drug-likeness (QED) is 0.484. The van der Waals surface area contributed by atoms with Crippen molar-refractivity contribution in [1.82, 2.24) is 0 Å². The molecule has 0 aromatic heterocycles. The van der Waals surface area contributed by atoms with E-state index in [4.69, 9.17) is 0 Å². The van der Waals surface area contributed by atoms with Gasteiger partial charge in [-0.15, -0.1) is 0 Å². The summed E-state index contributed by atoms with van der Waals surface area (Å²) in [5, 5.41) is 0. The molecule has 2 fully saturated rings. The maximum atomic E-state index is 2.54. The van der Waals surface area contributed by atoms with E-state index in [1.165, 1.54) is 32.1 Å². The molecule has 0 N–H and O–H groups in total. The number of hydrogen-bond donors (Lipinski definition) is 0. The fourth-order valence-corrected chi connectivity index (χ4v) is 2.80. The van der Waals surface area contributed by atoms with E-state index < -0.39 is 0 Å². The van der Waals surface area contributed by atoms with E-state index >= 15 is 0 Å². The third kappa shape index (κ3) is 0.531. The van der Waals surface area contributed by atoms with Gasteiger partial charge in [0.05, 0.1) is 0 Å². The van der Waals surface area contributed by atoms with Gasteiger partial charge in [-0.1, -0.05) is 12.2 Å². The normalized spacial score (nSPS) is 50.6. The Balaban J connectivity index is 1.91. The van der Waals surface area contributed by atoms with Crippen LogP contribution < -0.4 is 0 Å². The van der Waals surface area contributed by atoms with Gasteiger partial charge in [-0.25, -0.2) is 0 Å². The lowest BCUT2D eigenvalue weighted by Gasteiger charge is -2.14. The molecule has 0 aromatic carbocycles. The number of hydrogen-bond acceptors (Lipinski definition) is 0. The summed E-state index contributed by atoms with van der Waals surface area (Å²) in [6.45, 7) is 0. The molecule has 0 bridgehead atoms. The molecular weight excluding hydrogens is 120 g/mol. The van der Waals surface area contributed by atoms with Crippen LogP contribution in [0.1, 0.15) is 32.1 Å². The monoisotopic (exact) mass is 134 g/mol. The van der Waals surface area contributed by atoms with Crippen molar-refractivity contribution in [2.75, 3.05) is 0 Å². The van der Waals surface area contributed by atoms with E-state index in [9.17, 15) is 0 Å². The molecule has 54 valence electrons. The maximum absolute atomic E-state index is 2.54. The zero-order valence-electron chi connectivity index (χ0n) is 6.34. The molecule has 0 heterocycles. The van der Waals surface area contributed by atoms with E-state index in [2.05, 4.69) is 12.2 Å². The van der Waals surface area contributed by atoms with Gasteiger partial charge in [-0.3, -0.25) is 0 Å². The molecule has 2 saturated carbocycles. The molecule has 3 aliphatic carbocycles. The van der Waals surface area contributed by atoms with Crippen LogP contribution >= 0.6 is 0 Å². The molecule has 0 amide bonds. The van der Waals surface area contributed by atoms with Gasteiger partial charge in [0.15, 0.2) is 0 Å². The molecule has 0 radical (unpaired) electrons. The average Bonchev–Trinajstić information content (AvgIpc) is 2.84. The van der Waals surface area contributed by atoms with Gasteiger partial charge >= 0.3 is 0 Å². The Labute approximate surface area is 62.3 Å². The van der Waals surface area contributed by atoms with Crippen LogP contribution in [0.2, 0.25) is 0 Å². The van der Waals surface area contributed by atoms with Gasteiger partial charge in [0, 0.05) is 0 Å². The van der Waals surface area contributed by atoms with Crippen molar-refractivity contribution in [3.63, 3.8) is 0 Å². The second-order valence-corrected chi connectivity index (χ2v) is 4.27. The largest absolute Gasteiger partial charge is 0.0879 e. The van der Waals surface area contributed by atoms with Crippen molar-refractivity contribution in [3.8, 4) is 0 Å². The Hall–Kier alpha value is -0.260. The second kappa shape index (κ2) is 1.49. The highest BCUT2D eigenvalue weighted by Crippen LogP contribution is 2.69. The Morgan fingerprint density at radius 3 is 2.70 bits per heavy atom. The zero-order chi connectivity index (χ0) is 6.60. The van der Waals surface area contributed by atoms with Gasteiger partial charge in [0.25, 0.3) is 0 Å². The minimum atomic E-state index is 0.776. The van der Waals surface area contributed by atoms with Crippen LogP contribution in [0, 0.1) is 17.3 Å². The zero-order valence-corrected chi connectivity index (χ0v) is 6.34. The summed E-state index contributed by atoms with van der Waals surface area (Å²) in [5.41, 5.74) is 0.776. The highest BCUT2D eigenvalue weighted by atomic mass is 14.6. The Kier molecular flexibility index (Phi) is 0.805. The first kappa shape index (κ1) is 5.40. The standard InChI is InChI=1S/C10H14/c1-2-6-10(8-4-5-8)7-9(10)3-1/h2,6,8-9H,1,3-5,7H2. The Morgan fingerprint density at radius 2 is 2.00 bits per heavy atom. The molecule has 3 aliphatic rings. The molecule has 0 aromatic rings. The Bertz CT molecular complexity index is 188. The van der Waals surface area contributed by atoms with Crippen molar-refractivity contribution in [1.29, 1.82) is 0 Å². The van der Waals surface area contributed by atoms with Gasteiger partial charge in [-0.05, 0) is 49.4 Å². The predicted molar refractivity (Wildman–Crippen MR) is 41.6 cm³/mol. The molecule has 2 atom stereocenters. The molecule has 0 nitrogen and oxygen atoms in total. The summed E-state index contributed by atoms with van der Waals surface area (Å²) in [6.07, 6.45) is 12.4. The topological polar surface area (TPSA) is 0 Å². The summed E-state index contributed by atoms with van der Waals surface area (Å²) < 4.78 is 0. The lowest BCUT2D eigenvalue weighted by atomic mass is 9.91. The molecular formula is C10H14. The summed E-state index contributed by atoms with van der Waals surface area (Å²) in [4.78, 5) is 0. The lowest BCUT2D eigenvalue weighted by Crippen LogP contribution is -2.05. The summed E-state index contributed by atoms with van der Waals surface area (Å²) in [7, 11) is 0. The number of allylic oxidation sites excluding steroid dienone is 2. The SMILES string of the molecule is C1=CC2(C3CC3)CC2CC1. The molecule has 0 saturated heterocycles. The van der Waals surface area contributed by atoms with Crippen LogP contribution in [0.3, 0.4) is 0 Å². The minimum absolute atomic E-state index is 0.776. The molecule has 10 heavy (non-hydrogen) atoms. The first-order valence-electron chi connectivity index (χ1n) is 4.59. The molecule has 3 rings (SSSR count). The van der Waals surface area contributed by atoms with Gasteiger partial charge < -0.3 is 0 Å². The highest BCUT2D eigenvalue weighted by molar-refractivity contribution is 5.23. The fraction of sp³-hybridized carbons (Fsp3) is 0.800. The fourth-order valence-electron chi connectivity index (χ4n) is 2.80. The van der Waals surface area contributed by atoms with Crippen LogP contribution in [0.4, 0.5) is 0 Å². The third-order valence-corrected chi connectivity index (χ3v) is 3.65. The van der Waals surface area contributed by atoms with Crippen molar-refractivity contribution in [2.45, 2.75) is 32.1 Å². The van der Waals surface area contributed by atoms with Crippen molar-refractivity contribution >= 4 is 0 Å². The highest BCUT2D eigenvalue weighted by Gasteiger charge is 2.60. The van der Waals surface area contributed by atoms with Crippen molar-refractivity contribution in [2.24, 2.45) is 17.3 Å². The van der Waals surface area contributed by atoms with Crippen molar-refractivity contribution in [3.05, 3.63) is 12.2 Å². The van der Waals surface area contributed by atoms with Gasteiger partial charge in [0.1, 0.15) is 0 Å². The lowest BCUT2D eigenvalue weighted by molar-refractivity contribution is 0.462. The smallest absolute Gasteiger partial charge is 0.00584 e. The molecule has 2 unspecified atom stereocenters. The number of rotatable bonds is 1. The van der Waals surface area contributed by atoms with Crippen LogP contribution in [-0.2, 0) is 0 Å². The van der Waals surface area contributed by atoms with E-state index in [-0.39, 0.29) is 0 Å². The first-order valence-corrected chi connectivity index (χ1v) is 4.59. The summed E-state index contributed by atoms with van der Waals surface area (Å²) >= 11 is 0. The van der Waals surface area contributed by atoms with Crippen LogP contribution in [-0.4, -0.2) is 0 Å². The molecule has 0 aliphatic heterocycles. The molecule has 0 heteroatoms. The second-order valence-electron chi connectivity index (χ2n) is 4.27. The number of fused-ring (bicyclic) bond motifs is 1. The van der Waals surface area contributed by atoms with Crippen LogP contribution in [0.5, 0.6) is 0 Å².